The molecule has 5 heteroatoms. The van der Waals surface area contributed by atoms with Gasteiger partial charge >= 0.3 is 0 Å². The molecule has 4 nitrogen and oxygen atoms in total. The summed E-state index contributed by atoms with van der Waals surface area (Å²) in [5.74, 6) is -0.324. The van der Waals surface area contributed by atoms with Crippen LogP contribution in [0.25, 0.3) is 0 Å². The van der Waals surface area contributed by atoms with E-state index in [1.165, 1.54) is 0 Å². The summed E-state index contributed by atoms with van der Waals surface area (Å²) in [6.45, 7) is 9.00. The predicted octanol–water partition coefficient (Wildman–Crippen LogP) is 5.47. The van der Waals surface area contributed by atoms with Crippen molar-refractivity contribution in [1.29, 1.82) is 0 Å². The van der Waals surface area contributed by atoms with Gasteiger partial charge in [0.25, 0.3) is 0 Å². The molecule has 0 unspecified atom stereocenters. The van der Waals surface area contributed by atoms with Gasteiger partial charge in [-0.3, -0.25) is 4.79 Å². The van der Waals surface area contributed by atoms with Crippen molar-refractivity contribution in [2.24, 2.45) is 28.1 Å². The van der Waals surface area contributed by atoms with Gasteiger partial charge in [0, 0.05) is 0 Å². The molecule has 0 aromatic heterocycles. The number of Topliss-reactive ketones (excluding diaryl/α,β-unsaturated/α-hetero) is 1. The molecule has 1 spiro atoms. The summed E-state index contributed by atoms with van der Waals surface area (Å²) in [6.07, 6.45) is 2.38. The summed E-state index contributed by atoms with van der Waals surface area (Å²) < 4.78 is 34.2. The molecule has 0 bridgehead atoms. The van der Waals surface area contributed by atoms with Crippen molar-refractivity contribution in [3.8, 4) is 0 Å². The van der Waals surface area contributed by atoms with Crippen LogP contribution in [0.3, 0.4) is 0 Å². The molecule has 3 saturated carbocycles. The number of ether oxygens (including phenoxy) is 1. The molecule has 2 aromatic carbocycles. The fraction of sp³-hybridized carbons (Fsp3) is 0.536. The molecule has 0 N–H and O–H groups in total. The van der Waals surface area contributed by atoms with E-state index < -0.39 is 20.5 Å². The highest BCUT2D eigenvalue weighted by molar-refractivity contribution is 7.92. The van der Waals surface area contributed by atoms with E-state index in [0.717, 1.165) is 24.8 Å². The van der Waals surface area contributed by atoms with E-state index >= 15 is 0 Å². The maximum absolute atomic E-state index is 14.5. The highest BCUT2D eigenvalue weighted by atomic mass is 32.2. The molecule has 33 heavy (non-hydrogen) atoms. The van der Waals surface area contributed by atoms with Crippen LogP contribution in [0.2, 0.25) is 0 Å². The zero-order chi connectivity index (χ0) is 23.6. The third-order valence-electron chi connectivity index (χ3n) is 9.00. The molecule has 0 aliphatic heterocycles. The smallest absolute Gasteiger partial charge is 0.188 e. The van der Waals surface area contributed by atoms with Crippen LogP contribution in [-0.4, -0.2) is 25.6 Å². The Kier molecular flexibility index (Phi) is 5.19. The molecule has 3 fully saturated rings. The van der Waals surface area contributed by atoms with Gasteiger partial charge in [-0.1, -0.05) is 76.2 Å². The lowest BCUT2D eigenvalue weighted by Crippen LogP contribution is -2.51. The van der Waals surface area contributed by atoms with E-state index in [9.17, 15) is 13.2 Å². The van der Waals surface area contributed by atoms with Crippen LogP contribution in [-0.2, 0) is 26.0 Å². The molecule has 0 saturated heterocycles. The third-order valence-corrected chi connectivity index (χ3v) is 11.2. The van der Waals surface area contributed by atoms with Crippen molar-refractivity contribution in [3.05, 3.63) is 66.2 Å². The minimum atomic E-state index is -3.78. The van der Waals surface area contributed by atoms with Crippen LogP contribution < -0.4 is 0 Å². The van der Waals surface area contributed by atoms with Crippen LogP contribution in [0.4, 0.5) is 0 Å². The van der Waals surface area contributed by atoms with Gasteiger partial charge < -0.3 is 4.74 Å². The Bertz CT molecular complexity index is 1160. The molecular weight excluding hydrogens is 432 g/mol. The van der Waals surface area contributed by atoms with Gasteiger partial charge in [-0.2, -0.15) is 0 Å². The first kappa shape index (κ1) is 22.8. The van der Waals surface area contributed by atoms with E-state index in [-0.39, 0.29) is 39.4 Å². The van der Waals surface area contributed by atoms with E-state index in [0.29, 0.717) is 6.61 Å². The number of sulfone groups is 1. The number of carbonyl (C=O) groups excluding carboxylic acids is 1. The van der Waals surface area contributed by atoms with Crippen LogP contribution in [0.1, 0.15) is 52.5 Å². The predicted molar refractivity (Wildman–Crippen MR) is 128 cm³/mol. The summed E-state index contributed by atoms with van der Waals surface area (Å²) in [7, 11) is -3.78. The van der Waals surface area contributed by atoms with Gasteiger partial charge in [0.15, 0.2) is 15.6 Å². The Labute approximate surface area is 197 Å². The number of rotatable bonds is 5. The Balaban J connectivity index is 1.60. The summed E-state index contributed by atoms with van der Waals surface area (Å²) in [5.41, 5.74) is -0.172. The summed E-state index contributed by atoms with van der Waals surface area (Å²) >= 11 is 0. The number of hydrogen-bond acceptors (Lipinski definition) is 4. The second kappa shape index (κ2) is 7.51. The summed E-state index contributed by atoms with van der Waals surface area (Å²) in [4.78, 5) is 14.7. The molecule has 0 amide bonds. The monoisotopic (exact) mass is 466 g/mol. The largest absolute Gasteiger partial charge is 0.372 e. The van der Waals surface area contributed by atoms with Crippen molar-refractivity contribution < 1.29 is 17.9 Å². The normalized spacial score (nSPS) is 37.2. The van der Waals surface area contributed by atoms with E-state index in [1.54, 1.807) is 30.3 Å². The van der Waals surface area contributed by atoms with E-state index in [1.807, 2.05) is 37.3 Å². The Morgan fingerprint density at radius 3 is 2.21 bits per heavy atom. The van der Waals surface area contributed by atoms with Crippen molar-refractivity contribution in [2.75, 3.05) is 0 Å². The van der Waals surface area contributed by atoms with Gasteiger partial charge in [0.1, 0.15) is 5.25 Å². The van der Waals surface area contributed by atoms with Gasteiger partial charge in [0.05, 0.1) is 23.0 Å². The Morgan fingerprint density at radius 2 is 1.58 bits per heavy atom. The third kappa shape index (κ3) is 3.04. The maximum atomic E-state index is 14.5. The molecule has 0 radical (unpaired) electrons. The highest BCUT2D eigenvalue weighted by Crippen LogP contribution is 2.75. The summed E-state index contributed by atoms with van der Waals surface area (Å²) in [5, 5.41) is -1.01. The van der Waals surface area contributed by atoms with Crippen LogP contribution in [0.5, 0.6) is 0 Å². The van der Waals surface area contributed by atoms with Gasteiger partial charge in [0.2, 0.25) is 0 Å². The minimum absolute atomic E-state index is 0.0148. The standard InChI is InChI=1S/C28H34O4S/c1-19-22-15-16-27(4)18-26(2,3)25(32-17-20-11-7-5-8-12-20)28(22,27)24(29)23(19)33(30,31)21-13-9-6-10-14-21/h5-14,19,22-23,25H,15-18H2,1-4H3/t19-,22-,23+,25+,27-,28-/m0/s1. The van der Waals surface area contributed by atoms with Crippen molar-refractivity contribution in [1.82, 2.24) is 0 Å². The Hall–Kier alpha value is -1.98. The number of benzene rings is 2. The van der Waals surface area contributed by atoms with E-state index in [2.05, 4.69) is 20.8 Å². The zero-order valence-electron chi connectivity index (χ0n) is 20.0. The van der Waals surface area contributed by atoms with Crippen LogP contribution >= 0.6 is 0 Å². The molecular formula is C28H34O4S. The maximum Gasteiger partial charge on any atom is 0.188 e. The Morgan fingerprint density at radius 1 is 0.970 bits per heavy atom. The zero-order valence-corrected chi connectivity index (χ0v) is 20.8. The highest BCUT2D eigenvalue weighted by Gasteiger charge is 2.79. The second-order valence-corrected chi connectivity index (χ2v) is 13.5. The first-order valence-corrected chi connectivity index (χ1v) is 13.6. The molecule has 3 aliphatic rings. The van der Waals surface area contributed by atoms with Gasteiger partial charge in [-0.05, 0) is 59.6 Å². The topological polar surface area (TPSA) is 60.4 Å². The fourth-order valence-corrected chi connectivity index (χ4v) is 10.1. The number of hydrogen-bond donors (Lipinski definition) is 0. The molecule has 5 rings (SSSR count). The van der Waals surface area contributed by atoms with Gasteiger partial charge in [-0.25, -0.2) is 8.42 Å². The first-order chi connectivity index (χ1) is 15.6. The molecule has 0 heterocycles. The first-order valence-electron chi connectivity index (χ1n) is 12.0. The van der Waals surface area contributed by atoms with Crippen molar-refractivity contribution >= 4 is 15.6 Å². The fourth-order valence-electron chi connectivity index (χ4n) is 8.08. The quantitative estimate of drug-likeness (QED) is 0.587. The lowest BCUT2D eigenvalue weighted by molar-refractivity contribution is -0.149. The lowest BCUT2D eigenvalue weighted by Gasteiger charge is -2.42. The molecule has 176 valence electrons. The van der Waals surface area contributed by atoms with E-state index in [4.69, 9.17) is 4.74 Å². The molecule has 6 atom stereocenters. The van der Waals surface area contributed by atoms with Crippen molar-refractivity contribution in [3.63, 3.8) is 0 Å². The lowest BCUT2D eigenvalue weighted by atomic mass is 9.64. The van der Waals surface area contributed by atoms with Crippen molar-refractivity contribution in [2.45, 2.75) is 69.8 Å². The summed E-state index contributed by atoms with van der Waals surface area (Å²) in [6, 6.07) is 18.5. The number of ketones is 1. The number of carbonyl (C=O) groups is 1. The van der Waals surface area contributed by atoms with Gasteiger partial charge in [-0.15, -0.1) is 0 Å². The molecule has 3 aliphatic carbocycles. The minimum Gasteiger partial charge on any atom is -0.372 e. The molecule has 2 aromatic rings. The average Bonchev–Trinajstić information content (AvgIpc) is 3.26. The average molecular weight is 467 g/mol. The van der Waals surface area contributed by atoms with Crippen LogP contribution in [0, 0.1) is 28.1 Å². The SMILES string of the molecule is C[C@H]1[C@@H]2CC[C@@]3(C)CC(C)(C)[C@@H](OCc4ccccc4)[C@@]23C(=O)[C@@H]1S(=O)(=O)c1ccccc1. The van der Waals surface area contributed by atoms with Crippen LogP contribution in [0.15, 0.2) is 65.6 Å². The second-order valence-electron chi connectivity index (χ2n) is 11.4.